The van der Waals surface area contributed by atoms with Gasteiger partial charge in [-0.1, -0.05) is 12.8 Å². The predicted molar refractivity (Wildman–Crippen MR) is 94.0 cm³/mol. The van der Waals surface area contributed by atoms with Gasteiger partial charge in [0.25, 0.3) is 0 Å². The monoisotopic (exact) mass is 383 g/mol. The number of methoxy groups -OCH3 is 1. The number of aromatic nitrogens is 4. The lowest BCUT2D eigenvalue weighted by Gasteiger charge is -2.20. The first kappa shape index (κ1) is 17.9. The second-order valence-electron chi connectivity index (χ2n) is 6.73. The van der Waals surface area contributed by atoms with E-state index in [0.717, 1.165) is 12.8 Å². The highest BCUT2D eigenvalue weighted by Gasteiger charge is 2.45. The second-order valence-corrected chi connectivity index (χ2v) is 7.07. The van der Waals surface area contributed by atoms with Crippen molar-refractivity contribution in [3.05, 3.63) is 11.6 Å². The summed E-state index contributed by atoms with van der Waals surface area (Å²) < 4.78 is 12.8. The minimum atomic E-state index is -0.958. The Morgan fingerprint density at radius 1 is 1.38 bits per heavy atom. The molecule has 0 amide bonds. The molecule has 9 nitrogen and oxygen atoms in total. The Kier molecular flexibility index (Phi) is 4.98. The zero-order valence-electron chi connectivity index (χ0n) is 14.4. The summed E-state index contributed by atoms with van der Waals surface area (Å²) >= 11 is 6.13. The highest BCUT2D eigenvalue weighted by atomic mass is 35.5. The molecule has 1 aliphatic carbocycles. The maximum atomic E-state index is 10.3. The Balaban J connectivity index is 1.71. The van der Waals surface area contributed by atoms with E-state index in [9.17, 15) is 10.2 Å². The van der Waals surface area contributed by atoms with Crippen molar-refractivity contribution < 1.29 is 19.7 Å². The van der Waals surface area contributed by atoms with Crippen LogP contribution in [-0.4, -0.2) is 67.8 Å². The summed E-state index contributed by atoms with van der Waals surface area (Å²) in [6, 6.07) is 0.351. The number of anilines is 1. The Morgan fingerprint density at radius 2 is 2.15 bits per heavy atom. The largest absolute Gasteiger partial charge is 0.394 e. The summed E-state index contributed by atoms with van der Waals surface area (Å²) in [5.74, 6) is 0.594. The van der Waals surface area contributed by atoms with Crippen LogP contribution in [0.3, 0.4) is 0 Å². The SMILES string of the molecule is CO[C@@H]1[C@@H](O)[C@@H](CO)O[C@H]1n1cnc2c(NC3CCCC3)nc(Cl)nc21. The summed E-state index contributed by atoms with van der Waals surface area (Å²) in [6.45, 7) is -0.311. The Labute approximate surface area is 155 Å². The molecule has 4 rings (SSSR count). The van der Waals surface area contributed by atoms with Crippen LogP contribution in [0.25, 0.3) is 11.2 Å². The van der Waals surface area contributed by atoms with Crippen molar-refractivity contribution in [2.45, 2.75) is 56.3 Å². The van der Waals surface area contributed by atoms with Crippen LogP contribution >= 0.6 is 11.6 Å². The van der Waals surface area contributed by atoms with Gasteiger partial charge in [0.2, 0.25) is 5.28 Å². The van der Waals surface area contributed by atoms with Crippen molar-refractivity contribution in [3.63, 3.8) is 0 Å². The highest BCUT2D eigenvalue weighted by Crippen LogP contribution is 2.34. The molecule has 10 heteroatoms. The van der Waals surface area contributed by atoms with Crippen molar-refractivity contribution in [3.8, 4) is 0 Å². The fourth-order valence-electron chi connectivity index (χ4n) is 3.79. The third-order valence-electron chi connectivity index (χ3n) is 5.13. The predicted octanol–water partition coefficient (Wildman–Crippen LogP) is 1.10. The van der Waals surface area contributed by atoms with E-state index in [1.54, 1.807) is 10.9 Å². The van der Waals surface area contributed by atoms with Crippen molar-refractivity contribution in [2.24, 2.45) is 0 Å². The minimum Gasteiger partial charge on any atom is -0.394 e. The fraction of sp³-hybridized carbons (Fsp3) is 0.688. The van der Waals surface area contributed by atoms with Crippen LogP contribution in [0.2, 0.25) is 5.28 Å². The van der Waals surface area contributed by atoms with Gasteiger partial charge >= 0.3 is 0 Å². The molecule has 1 saturated heterocycles. The molecular weight excluding hydrogens is 362 g/mol. The van der Waals surface area contributed by atoms with Crippen LogP contribution in [0.15, 0.2) is 6.33 Å². The molecule has 3 heterocycles. The van der Waals surface area contributed by atoms with Crippen LogP contribution < -0.4 is 5.32 Å². The van der Waals surface area contributed by atoms with Gasteiger partial charge in [0.15, 0.2) is 23.2 Å². The number of halogens is 1. The standard InChI is InChI=1S/C16H22ClN5O4/c1-25-12-11(24)9(6-23)26-15(12)22-7-18-10-13(19-8-4-2-3-5-8)20-16(17)21-14(10)22/h7-9,11-12,15,23-24H,2-6H2,1H3,(H,19,20,21)/t9-,11+,12-,15-/m1/s1. The van der Waals surface area contributed by atoms with Gasteiger partial charge in [0.05, 0.1) is 12.9 Å². The number of aliphatic hydroxyl groups is 2. The number of ether oxygens (including phenoxy) is 2. The molecule has 0 bridgehead atoms. The number of hydrogen-bond donors (Lipinski definition) is 3. The van der Waals surface area contributed by atoms with Crippen LogP contribution in [-0.2, 0) is 9.47 Å². The van der Waals surface area contributed by atoms with Crippen molar-refractivity contribution in [1.29, 1.82) is 0 Å². The summed E-state index contributed by atoms with van der Waals surface area (Å²) in [4.78, 5) is 13.0. The molecule has 0 aromatic carbocycles. The van der Waals surface area contributed by atoms with Crippen molar-refractivity contribution in [2.75, 3.05) is 19.0 Å². The van der Waals surface area contributed by atoms with E-state index in [1.165, 1.54) is 20.0 Å². The van der Waals surface area contributed by atoms with Crippen molar-refractivity contribution in [1.82, 2.24) is 19.5 Å². The summed E-state index contributed by atoms with van der Waals surface area (Å²) in [6.07, 6.45) is 3.10. The van der Waals surface area contributed by atoms with Gasteiger partial charge in [-0.05, 0) is 24.4 Å². The average Bonchev–Trinajstić information content (AvgIpc) is 3.33. The molecule has 2 aromatic rings. The van der Waals surface area contributed by atoms with E-state index < -0.39 is 24.5 Å². The zero-order valence-corrected chi connectivity index (χ0v) is 15.1. The number of imidazole rings is 1. The van der Waals surface area contributed by atoms with Gasteiger partial charge < -0.3 is 25.0 Å². The van der Waals surface area contributed by atoms with E-state index >= 15 is 0 Å². The molecule has 2 fully saturated rings. The number of nitrogens with one attached hydrogen (secondary N) is 1. The average molecular weight is 384 g/mol. The van der Waals surface area contributed by atoms with E-state index in [-0.39, 0.29) is 11.9 Å². The van der Waals surface area contributed by atoms with E-state index in [1.807, 2.05) is 0 Å². The molecule has 3 N–H and O–H groups in total. The lowest BCUT2D eigenvalue weighted by Crippen LogP contribution is -2.34. The molecule has 0 spiro atoms. The molecule has 26 heavy (non-hydrogen) atoms. The van der Waals surface area contributed by atoms with E-state index in [0.29, 0.717) is 23.0 Å². The number of nitrogens with zero attached hydrogens (tertiary/aromatic N) is 4. The minimum absolute atomic E-state index is 0.103. The lowest BCUT2D eigenvalue weighted by atomic mass is 10.1. The molecule has 1 aliphatic heterocycles. The first-order valence-corrected chi connectivity index (χ1v) is 9.14. The zero-order chi connectivity index (χ0) is 18.3. The fourth-order valence-corrected chi connectivity index (χ4v) is 3.95. The van der Waals surface area contributed by atoms with Gasteiger partial charge in [-0.15, -0.1) is 0 Å². The third kappa shape index (κ3) is 3.03. The molecule has 2 aliphatic rings. The molecule has 0 radical (unpaired) electrons. The number of rotatable bonds is 5. The topological polar surface area (TPSA) is 115 Å². The quantitative estimate of drug-likeness (QED) is 0.657. The number of aliphatic hydroxyl groups excluding tert-OH is 2. The summed E-state index contributed by atoms with van der Waals surface area (Å²) in [7, 11) is 1.48. The van der Waals surface area contributed by atoms with Crippen molar-refractivity contribution >= 4 is 28.6 Å². The van der Waals surface area contributed by atoms with E-state index in [4.69, 9.17) is 21.1 Å². The Hall–Kier alpha value is -1.52. The molecule has 1 saturated carbocycles. The first-order valence-electron chi connectivity index (χ1n) is 8.76. The van der Waals surface area contributed by atoms with E-state index in [2.05, 4.69) is 20.3 Å². The Bertz CT molecular complexity index is 781. The third-order valence-corrected chi connectivity index (χ3v) is 5.30. The second kappa shape index (κ2) is 7.24. The van der Waals surface area contributed by atoms with Gasteiger partial charge in [0, 0.05) is 13.2 Å². The van der Waals surface area contributed by atoms with Gasteiger partial charge in [-0.25, -0.2) is 4.98 Å². The molecular formula is C16H22ClN5O4. The van der Waals surface area contributed by atoms with Crippen LogP contribution in [0.5, 0.6) is 0 Å². The highest BCUT2D eigenvalue weighted by molar-refractivity contribution is 6.28. The first-order chi connectivity index (χ1) is 12.6. The van der Waals surface area contributed by atoms with Crippen LogP contribution in [0.4, 0.5) is 5.82 Å². The van der Waals surface area contributed by atoms with Gasteiger partial charge in [-0.2, -0.15) is 9.97 Å². The smallest absolute Gasteiger partial charge is 0.226 e. The summed E-state index contributed by atoms with van der Waals surface area (Å²) in [5.41, 5.74) is 1.07. The van der Waals surface area contributed by atoms with Gasteiger partial charge in [0.1, 0.15) is 18.3 Å². The number of hydrogen-bond acceptors (Lipinski definition) is 8. The molecule has 142 valence electrons. The number of fused-ring (bicyclic) bond motifs is 1. The van der Waals surface area contributed by atoms with Crippen LogP contribution in [0, 0.1) is 0 Å². The normalized spacial score (nSPS) is 29.7. The van der Waals surface area contributed by atoms with Gasteiger partial charge in [-0.3, -0.25) is 4.57 Å². The van der Waals surface area contributed by atoms with Crippen LogP contribution in [0.1, 0.15) is 31.9 Å². The lowest BCUT2D eigenvalue weighted by molar-refractivity contribution is -0.0583. The molecule has 2 aromatic heterocycles. The molecule has 4 atom stereocenters. The summed E-state index contributed by atoms with van der Waals surface area (Å²) in [5, 5.41) is 23.2. The Morgan fingerprint density at radius 3 is 2.85 bits per heavy atom. The molecule has 0 unspecified atom stereocenters. The maximum Gasteiger partial charge on any atom is 0.226 e. The maximum absolute atomic E-state index is 10.3.